The first kappa shape index (κ1) is 16.4. The molecule has 1 saturated carbocycles. The van der Waals surface area contributed by atoms with Gasteiger partial charge in [-0.3, -0.25) is 9.59 Å². The molecule has 2 aromatic heterocycles. The van der Waals surface area contributed by atoms with Crippen LogP contribution in [0, 0.1) is 5.41 Å². The summed E-state index contributed by atoms with van der Waals surface area (Å²) in [6, 6.07) is 2.02. The normalized spacial score (nSPS) is 19.6. The number of rotatable bonds is 3. The number of likely N-dealkylation sites (tertiary alicyclic amines) is 1. The third-order valence-electron chi connectivity index (χ3n) is 5.38. The summed E-state index contributed by atoms with van der Waals surface area (Å²) in [4.78, 5) is 34.7. The van der Waals surface area contributed by atoms with Crippen molar-refractivity contribution in [2.24, 2.45) is 5.41 Å². The van der Waals surface area contributed by atoms with E-state index in [1.807, 2.05) is 17.5 Å². The number of amides is 2. The first-order valence-electron chi connectivity index (χ1n) is 8.98. The molecular weight excluding hydrogens is 360 g/mol. The summed E-state index contributed by atoms with van der Waals surface area (Å²) in [6.45, 7) is 1.31. The van der Waals surface area contributed by atoms with E-state index in [-0.39, 0.29) is 17.2 Å². The third kappa shape index (κ3) is 3.08. The second kappa shape index (κ2) is 6.13. The Labute approximate surface area is 160 Å². The number of aromatic nitrogens is 2. The number of hydrogen-bond acceptors (Lipinski definition) is 5. The van der Waals surface area contributed by atoms with Gasteiger partial charge in [0.2, 0.25) is 11.8 Å². The van der Waals surface area contributed by atoms with Gasteiger partial charge in [0.25, 0.3) is 0 Å². The molecule has 2 amide bonds. The summed E-state index contributed by atoms with van der Waals surface area (Å²) in [5.41, 5.74) is 2.95. The van der Waals surface area contributed by atoms with Gasteiger partial charge in [0.05, 0.1) is 5.41 Å². The summed E-state index contributed by atoms with van der Waals surface area (Å²) >= 11 is 1.60. The van der Waals surface area contributed by atoms with Gasteiger partial charge < -0.3 is 10.2 Å². The summed E-state index contributed by atoms with van der Waals surface area (Å²) in [5.74, 6) is 0.747. The molecule has 1 saturated heterocycles. The molecule has 0 aromatic carbocycles. The number of hydrogen-bond donors (Lipinski definition) is 1. The molecule has 0 bridgehead atoms. The topological polar surface area (TPSA) is 75.2 Å². The van der Waals surface area contributed by atoms with Crippen LogP contribution in [0.3, 0.4) is 0 Å². The standard InChI is InChI=1S/C20H18N4O2S/c25-17(24-11-14(12-24)8-16-21-5-6-27-16)2-1-13-7-15-9-20(3-4-20)19(26)23-18(15)22-10-13/h1-2,5-8,10H,3-4,9,11-12H2,(H,22,23,26)/b2-1+. The van der Waals surface area contributed by atoms with Crippen LogP contribution in [0.25, 0.3) is 12.2 Å². The van der Waals surface area contributed by atoms with Crippen LogP contribution in [0.5, 0.6) is 0 Å². The van der Waals surface area contributed by atoms with Crippen LogP contribution in [0.1, 0.15) is 29.0 Å². The van der Waals surface area contributed by atoms with Crippen molar-refractivity contribution in [3.8, 4) is 0 Å². The molecule has 0 atom stereocenters. The molecule has 2 fully saturated rings. The molecule has 3 aliphatic rings. The maximum atomic E-state index is 12.3. The van der Waals surface area contributed by atoms with Crippen molar-refractivity contribution in [2.45, 2.75) is 19.3 Å². The lowest BCUT2D eigenvalue weighted by atomic mass is 9.92. The van der Waals surface area contributed by atoms with Crippen molar-refractivity contribution in [3.05, 3.63) is 51.6 Å². The van der Waals surface area contributed by atoms with Crippen LogP contribution in [-0.4, -0.2) is 39.8 Å². The van der Waals surface area contributed by atoms with E-state index in [2.05, 4.69) is 15.3 Å². The Morgan fingerprint density at radius 1 is 1.30 bits per heavy atom. The summed E-state index contributed by atoms with van der Waals surface area (Å²) < 4.78 is 0. The molecule has 2 aliphatic heterocycles. The first-order valence-corrected chi connectivity index (χ1v) is 9.86. The number of thiazole rings is 1. The Bertz CT molecular complexity index is 981. The Kier molecular flexibility index (Phi) is 3.72. The monoisotopic (exact) mass is 378 g/mol. The second-order valence-corrected chi connectivity index (χ2v) is 8.31. The lowest BCUT2D eigenvalue weighted by Gasteiger charge is -2.33. The third-order valence-corrected chi connectivity index (χ3v) is 6.10. The van der Waals surface area contributed by atoms with E-state index in [0.29, 0.717) is 18.9 Å². The highest BCUT2D eigenvalue weighted by molar-refractivity contribution is 7.10. The predicted molar refractivity (Wildman–Crippen MR) is 104 cm³/mol. The fraction of sp³-hybridized carbons (Fsp3) is 0.300. The van der Waals surface area contributed by atoms with Gasteiger partial charge in [-0.2, -0.15) is 0 Å². The van der Waals surface area contributed by atoms with Crippen LogP contribution in [0.2, 0.25) is 0 Å². The number of fused-ring (bicyclic) bond motifs is 1. The van der Waals surface area contributed by atoms with E-state index >= 15 is 0 Å². The van der Waals surface area contributed by atoms with Gasteiger partial charge in [-0.05, 0) is 54.2 Å². The highest BCUT2D eigenvalue weighted by Crippen LogP contribution is 2.52. The average molecular weight is 378 g/mol. The summed E-state index contributed by atoms with van der Waals surface area (Å²) in [6.07, 6.45) is 11.6. The Hall–Kier alpha value is -2.80. The molecule has 5 rings (SSSR count). The van der Waals surface area contributed by atoms with Crippen LogP contribution in [-0.2, 0) is 16.0 Å². The van der Waals surface area contributed by atoms with E-state index < -0.39 is 0 Å². The summed E-state index contributed by atoms with van der Waals surface area (Å²) in [5, 5.41) is 5.83. The fourth-order valence-electron chi connectivity index (χ4n) is 3.55. The quantitative estimate of drug-likeness (QED) is 0.834. The minimum atomic E-state index is -0.204. The van der Waals surface area contributed by atoms with Crippen molar-refractivity contribution >= 4 is 41.1 Å². The molecular formula is C20H18N4O2S. The molecule has 0 unspecified atom stereocenters. The lowest BCUT2D eigenvalue weighted by Crippen LogP contribution is -2.43. The van der Waals surface area contributed by atoms with Crippen molar-refractivity contribution in [2.75, 3.05) is 18.4 Å². The number of nitrogens with zero attached hydrogens (tertiary/aromatic N) is 3. The molecule has 1 spiro atoms. The highest BCUT2D eigenvalue weighted by atomic mass is 32.1. The number of anilines is 1. The largest absolute Gasteiger partial charge is 0.331 e. The maximum absolute atomic E-state index is 12.3. The zero-order valence-electron chi connectivity index (χ0n) is 14.6. The number of nitrogens with one attached hydrogen (secondary N) is 1. The van der Waals surface area contributed by atoms with Crippen LogP contribution in [0.15, 0.2) is 35.5 Å². The Morgan fingerprint density at radius 3 is 2.89 bits per heavy atom. The highest BCUT2D eigenvalue weighted by Gasteiger charge is 2.52. The zero-order valence-corrected chi connectivity index (χ0v) is 15.5. The Morgan fingerprint density at radius 2 is 2.15 bits per heavy atom. The van der Waals surface area contributed by atoms with Gasteiger partial charge in [0.1, 0.15) is 10.8 Å². The predicted octanol–water partition coefficient (Wildman–Crippen LogP) is 2.75. The van der Waals surface area contributed by atoms with Crippen molar-refractivity contribution in [3.63, 3.8) is 0 Å². The first-order chi connectivity index (χ1) is 13.1. The molecule has 7 heteroatoms. The molecule has 6 nitrogen and oxygen atoms in total. The molecule has 136 valence electrons. The van der Waals surface area contributed by atoms with Gasteiger partial charge in [0.15, 0.2) is 0 Å². The zero-order chi connectivity index (χ0) is 18.4. The number of pyridine rings is 1. The van der Waals surface area contributed by atoms with E-state index in [0.717, 1.165) is 35.4 Å². The van der Waals surface area contributed by atoms with Gasteiger partial charge in [-0.25, -0.2) is 9.97 Å². The molecule has 27 heavy (non-hydrogen) atoms. The van der Waals surface area contributed by atoms with Gasteiger partial charge in [0, 0.05) is 36.9 Å². The maximum Gasteiger partial charge on any atom is 0.247 e. The van der Waals surface area contributed by atoms with Gasteiger partial charge in [-0.1, -0.05) is 0 Å². The lowest BCUT2D eigenvalue weighted by molar-refractivity contribution is -0.127. The molecule has 2 aromatic rings. The van der Waals surface area contributed by atoms with E-state index in [1.165, 1.54) is 5.57 Å². The van der Waals surface area contributed by atoms with Gasteiger partial charge >= 0.3 is 0 Å². The molecule has 4 heterocycles. The SMILES string of the molecule is O=C(/C=C/c1cnc2c(c1)CC1(CC1)C(=O)N2)N1CC(=Cc2nccs2)C1. The van der Waals surface area contributed by atoms with Crippen LogP contribution < -0.4 is 5.32 Å². The fourth-order valence-corrected chi connectivity index (χ4v) is 4.17. The smallest absolute Gasteiger partial charge is 0.247 e. The van der Waals surface area contributed by atoms with Gasteiger partial charge in [-0.15, -0.1) is 11.3 Å². The van der Waals surface area contributed by atoms with Crippen molar-refractivity contribution in [1.82, 2.24) is 14.9 Å². The second-order valence-electron chi connectivity index (χ2n) is 7.39. The minimum absolute atomic E-state index is 0.00373. The van der Waals surface area contributed by atoms with Crippen LogP contribution >= 0.6 is 11.3 Å². The number of carbonyl (C=O) groups excluding carboxylic acids is 2. The molecule has 0 radical (unpaired) electrons. The van der Waals surface area contributed by atoms with E-state index in [9.17, 15) is 9.59 Å². The Balaban J connectivity index is 1.23. The molecule has 1 aliphatic carbocycles. The van der Waals surface area contributed by atoms with Crippen LogP contribution in [0.4, 0.5) is 5.82 Å². The molecule has 1 N–H and O–H groups in total. The number of carbonyl (C=O) groups is 2. The van der Waals surface area contributed by atoms with Crippen molar-refractivity contribution in [1.29, 1.82) is 0 Å². The van der Waals surface area contributed by atoms with Crippen molar-refractivity contribution < 1.29 is 9.59 Å². The minimum Gasteiger partial charge on any atom is -0.331 e. The van der Waals surface area contributed by atoms with E-state index in [4.69, 9.17) is 0 Å². The van der Waals surface area contributed by atoms with E-state index in [1.54, 1.807) is 40.8 Å². The average Bonchev–Trinajstić information content (AvgIpc) is 3.20. The summed E-state index contributed by atoms with van der Waals surface area (Å²) in [7, 11) is 0.